The van der Waals surface area contributed by atoms with E-state index in [1.54, 1.807) is 0 Å². The second-order valence-corrected chi connectivity index (χ2v) is 6.95. The van der Waals surface area contributed by atoms with E-state index in [2.05, 4.69) is 41.5 Å². The fourth-order valence-electron chi connectivity index (χ4n) is 3.10. The van der Waals surface area contributed by atoms with Gasteiger partial charge >= 0.3 is 0 Å². The lowest BCUT2D eigenvalue weighted by molar-refractivity contribution is -0.0606. The van der Waals surface area contributed by atoms with Crippen LogP contribution in [0.1, 0.15) is 54.4 Å². The highest BCUT2D eigenvalue weighted by molar-refractivity contribution is 4.91. The van der Waals surface area contributed by atoms with E-state index in [0.717, 1.165) is 5.92 Å². The third-order valence-corrected chi connectivity index (χ3v) is 4.15. The Labute approximate surface area is 95.3 Å². The summed E-state index contributed by atoms with van der Waals surface area (Å²) in [5.41, 5.74) is 0.237. The summed E-state index contributed by atoms with van der Waals surface area (Å²) >= 11 is 0. The molecule has 0 aromatic heterocycles. The van der Waals surface area contributed by atoms with Crippen molar-refractivity contribution in [2.24, 2.45) is 29.1 Å². The molecule has 0 heterocycles. The van der Waals surface area contributed by atoms with Gasteiger partial charge in [0.1, 0.15) is 0 Å². The number of aliphatic hydroxyl groups is 1. The molecule has 90 valence electrons. The van der Waals surface area contributed by atoms with Gasteiger partial charge in [0.2, 0.25) is 0 Å². The molecular formula is C14H28O. The quantitative estimate of drug-likeness (QED) is 0.702. The van der Waals surface area contributed by atoms with Gasteiger partial charge in [0.05, 0.1) is 6.10 Å². The number of hydrogen-bond donors (Lipinski definition) is 1. The van der Waals surface area contributed by atoms with Gasteiger partial charge in [0.25, 0.3) is 0 Å². The van der Waals surface area contributed by atoms with Crippen LogP contribution in [0, 0.1) is 29.1 Å². The maximum Gasteiger partial charge on any atom is 0.0604 e. The molecule has 0 bridgehead atoms. The summed E-state index contributed by atoms with van der Waals surface area (Å²) in [5, 5.41) is 10.5. The second-order valence-electron chi connectivity index (χ2n) is 6.95. The lowest BCUT2D eigenvalue weighted by Crippen LogP contribution is -2.44. The molecule has 1 aliphatic carbocycles. The van der Waals surface area contributed by atoms with Crippen molar-refractivity contribution in [1.29, 1.82) is 0 Å². The Bertz CT molecular complexity index is 202. The molecule has 1 nitrogen and oxygen atoms in total. The van der Waals surface area contributed by atoms with Crippen LogP contribution in [0.25, 0.3) is 0 Å². The van der Waals surface area contributed by atoms with Crippen LogP contribution in [0.2, 0.25) is 0 Å². The summed E-state index contributed by atoms with van der Waals surface area (Å²) in [6.07, 6.45) is 2.29. The molecule has 1 fully saturated rings. The zero-order valence-corrected chi connectivity index (χ0v) is 11.2. The van der Waals surface area contributed by atoms with E-state index in [-0.39, 0.29) is 11.5 Å². The molecule has 4 unspecified atom stereocenters. The minimum atomic E-state index is -0.0961. The summed E-state index contributed by atoms with van der Waals surface area (Å²) in [5.74, 6) is 2.34. The Balaban J connectivity index is 2.81. The molecule has 1 N–H and O–H groups in total. The molecule has 0 aromatic carbocycles. The SMILES string of the molecule is CC1CC(C(C)C)C(O)C(C(C)(C)C)C1. The number of hydrogen-bond acceptors (Lipinski definition) is 1. The van der Waals surface area contributed by atoms with Crippen LogP contribution < -0.4 is 0 Å². The fourth-order valence-corrected chi connectivity index (χ4v) is 3.10. The van der Waals surface area contributed by atoms with Crippen molar-refractivity contribution in [2.75, 3.05) is 0 Å². The first-order valence-electron chi connectivity index (χ1n) is 6.41. The summed E-state index contributed by atoms with van der Waals surface area (Å²) in [7, 11) is 0. The van der Waals surface area contributed by atoms with Gasteiger partial charge in [-0.05, 0) is 41.9 Å². The first kappa shape index (κ1) is 13.0. The largest absolute Gasteiger partial charge is 0.393 e. The van der Waals surface area contributed by atoms with Gasteiger partial charge < -0.3 is 5.11 Å². The fraction of sp³-hybridized carbons (Fsp3) is 1.00. The Morgan fingerprint density at radius 3 is 2.07 bits per heavy atom. The maximum absolute atomic E-state index is 10.5. The summed E-state index contributed by atoms with van der Waals surface area (Å²) in [6, 6.07) is 0. The highest BCUT2D eigenvalue weighted by atomic mass is 16.3. The molecule has 0 spiro atoms. The minimum absolute atomic E-state index is 0.0961. The molecule has 15 heavy (non-hydrogen) atoms. The van der Waals surface area contributed by atoms with E-state index in [1.807, 2.05) is 0 Å². The maximum atomic E-state index is 10.5. The van der Waals surface area contributed by atoms with Gasteiger partial charge in [0, 0.05) is 0 Å². The van der Waals surface area contributed by atoms with E-state index in [0.29, 0.717) is 17.8 Å². The van der Waals surface area contributed by atoms with Crippen molar-refractivity contribution in [1.82, 2.24) is 0 Å². The second kappa shape index (κ2) is 4.45. The van der Waals surface area contributed by atoms with Crippen molar-refractivity contribution in [3.05, 3.63) is 0 Å². The molecule has 4 atom stereocenters. The topological polar surface area (TPSA) is 20.2 Å². The zero-order valence-electron chi connectivity index (χ0n) is 11.2. The summed E-state index contributed by atoms with van der Waals surface area (Å²) in [6.45, 7) is 13.6. The average Bonchev–Trinajstić information content (AvgIpc) is 2.06. The zero-order chi connectivity index (χ0) is 11.8. The van der Waals surface area contributed by atoms with E-state index in [1.165, 1.54) is 12.8 Å². The Kier molecular flexibility index (Phi) is 3.86. The van der Waals surface area contributed by atoms with Gasteiger partial charge in [-0.3, -0.25) is 0 Å². The summed E-state index contributed by atoms with van der Waals surface area (Å²) < 4.78 is 0. The van der Waals surface area contributed by atoms with Crippen LogP contribution >= 0.6 is 0 Å². The highest BCUT2D eigenvalue weighted by Gasteiger charge is 2.41. The van der Waals surface area contributed by atoms with Gasteiger partial charge in [-0.25, -0.2) is 0 Å². The van der Waals surface area contributed by atoms with E-state index < -0.39 is 0 Å². The number of aliphatic hydroxyl groups excluding tert-OH is 1. The molecule has 0 aliphatic heterocycles. The Hall–Kier alpha value is -0.0400. The van der Waals surface area contributed by atoms with Crippen LogP contribution in [0.15, 0.2) is 0 Å². The third kappa shape index (κ3) is 2.96. The van der Waals surface area contributed by atoms with Crippen molar-refractivity contribution >= 4 is 0 Å². The first-order valence-corrected chi connectivity index (χ1v) is 6.41. The molecule has 1 rings (SSSR count). The Morgan fingerprint density at radius 1 is 1.13 bits per heavy atom. The molecule has 1 heteroatoms. The van der Waals surface area contributed by atoms with Crippen LogP contribution in [0.5, 0.6) is 0 Å². The summed E-state index contributed by atoms with van der Waals surface area (Å²) in [4.78, 5) is 0. The van der Waals surface area contributed by atoms with Gasteiger partial charge in [0.15, 0.2) is 0 Å². The van der Waals surface area contributed by atoms with E-state index >= 15 is 0 Å². The van der Waals surface area contributed by atoms with Gasteiger partial charge in [-0.1, -0.05) is 41.5 Å². The lowest BCUT2D eigenvalue weighted by Gasteiger charge is -2.46. The van der Waals surface area contributed by atoms with Gasteiger partial charge in [-0.2, -0.15) is 0 Å². The third-order valence-electron chi connectivity index (χ3n) is 4.15. The van der Waals surface area contributed by atoms with E-state index in [9.17, 15) is 5.11 Å². The smallest absolute Gasteiger partial charge is 0.0604 e. The molecule has 1 saturated carbocycles. The predicted molar refractivity (Wildman–Crippen MR) is 65.7 cm³/mol. The van der Waals surface area contributed by atoms with Gasteiger partial charge in [-0.15, -0.1) is 0 Å². The molecule has 0 radical (unpaired) electrons. The van der Waals surface area contributed by atoms with Crippen molar-refractivity contribution in [3.63, 3.8) is 0 Å². The average molecular weight is 212 g/mol. The van der Waals surface area contributed by atoms with E-state index in [4.69, 9.17) is 0 Å². The van der Waals surface area contributed by atoms with Crippen LogP contribution in [-0.4, -0.2) is 11.2 Å². The van der Waals surface area contributed by atoms with Crippen molar-refractivity contribution in [3.8, 4) is 0 Å². The van der Waals surface area contributed by atoms with Crippen LogP contribution in [0.4, 0.5) is 0 Å². The van der Waals surface area contributed by atoms with Crippen molar-refractivity contribution < 1.29 is 5.11 Å². The highest BCUT2D eigenvalue weighted by Crippen LogP contribution is 2.44. The predicted octanol–water partition coefficient (Wildman–Crippen LogP) is 3.71. The Morgan fingerprint density at radius 2 is 1.67 bits per heavy atom. The van der Waals surface area contributed by atoms with Crippen LogP contribution in [-0.2, 0) is 0 Å². The number of rotatable bonds is 1. The normalized spacial score (nSPS) is 38.4. The molecule has 0 amide bonds. The molecular weight excluding hydrogens is 184 g/mol. The monoisotopic (exact) mass is 212 g/mol. The first-order chi connectivity index (χ1) is 6.73. The standard InChI is InChI=1S/C14H28O/c1-9(2)11-7-10(3)8-12(13(11)15)14(4,5)6/h9-13,15H,7-8H2,1-6H3. The molecule has 0 saturated heterocycles. The lowest BCUT2D eigenvalue weighted by atomic mass is 9.62. The molecule has 0 aromatic rings. The van der Waals surface area contributed by atoms with Crippen molar-refractivity contribution in [2.45, 2.75) is 60.5 Å². The molecule has 1 aliphatic rings. The minimum Gasteiger partial charge on any atom is -0.393 e. The van der Waals surface area contributed by atoms with Crippen LogP contribution in [0.3, 0.4) is 0 Å².